The summed E-state index contributed by atoms with van der Waals surface area (Å²) in [7, 11) is 0. The van der Waals surface area contributed by atoms with E-state index in [4.69, 9.17) is 5.11 Å². The van der Waals surface area contributed by atoms with E-state index in [0.717, 1.165) is 0 Å². The van der Waals surface area contributed by atoms with Gasteiger partial charge >= 0.3 is 18.1 Å². The van der Waals surface area contributed by atoms with E-state index in [0.29, 0.717) is 0 Å². The van der Waals surface area contributed by atoms with Gasteiger partial charge < -0.3 is 10.4 Å². The van der Waals surface area contributed by atoms with Crippen LogP contribution in [0.2, 0.25) is 0 Å². The molecule has 7 heteroatoms. The average Bonchev–Trinajstić information content (AvgIpc) is 1.97. The molecule has 0 aromatic carbocycles. The van der Waals surface area contributed by atoms with Crippen molar-refractivity contribution in [2.75, 3.05) is 6.54 Å². The third-order valence-corrected chi connectivity index (χ3v) is 1.25. The van der Waals surface area contributed by atoms with Gasteiger partial charge in [-0.1, -0.05) is 6.92 Å². The first-order valence-electron chi connectivity index (χ1n) is 3.33. The van der Waals surface area contributed by atoms with Gasteiger partial charge in [0.15, 0.2) is 0 Å². The van der Waals surface area contributed by atoms with Crippen molar-refractivity contribution in [1.82, 2.24) is 5.32 Å². The number of hydrogen-bond donors (Lipinski definition) is 2. The minimum atomic E-state index is -4.96. The Morgan fingerprint density at radius 2 is 1.92 bits per heavy atom. The number of halogens is 3. The van der Waals surface area contributed by atoms with E-state index in [1.807, 2.05) is 0 Å². The van der Waals surface area contributed by atoms with Crippen molar-refractivity contribution in [1.29, 1.82) is 0 Å². The summed E-state index contributed by atoms with van der Waals surface area (Å²) in [5.74, 6) is -4.42. The van der Waals surface area contributed by atoms with Gasteiger partial charge in [0, 0.05) is 6.54 Å². The zero-order valence-electron chi connectivity index (χ0n) is 6.68. The monoisotopic (exact) mass is 199 g/mol. The number of carboxylic acid groups (broad SMARTS) is 1. The van der Waals surface area contributed by atoms with Gasteiger partial charge in [-0.2, -0.15) is 13.2 Å². The van der Waals surface area contributed by atoms with Crippen LogP contribution < -0.4 is 5.32 Å². The van der Waals surface area contributed by atoms with Crippen LogP contribution in [-0.4, -0.2) is 29.7 Å². The quantitative estimate of drug-likeness (QED) is 0.690. The summed E-state index contributed by atoms with van der Waals surface area (Å²) >= 11 is 0. The van der Waals surface area contributed by atoms with E-state index < -0.39 is 30.5 Å². The second-order valence-electron chi connectivity index (χ2n) is 2.45. The molecule has 1 amide bonds. The third kappa shape index (κ3) is 4.34. The third-order valence-electron chi connectivity index (χ3n) is 1.25. The minimum Gasteiger partial charge on any atom is -0.481 e. The Labute approximate surface area is 71.7 Å². The Hall–Kier alpha value is -1.27. The van der Waals surface area contributed by atoms with Gasteiger partial charge in [0.25, 0.3) is 0 Å². The number of nitrogens with one attached hydrogen (secondary N) is 1. The molecule has 0 heterocycles. The van der Waals surface area contributed by atoms with E-state index in [9.17, 15) is 22.8 Å². The maximum absolute atomic E-state index is 11.5. The molecule has 0 aliphatic carbocycles. The zero-order chi connectivity index (χ0) is 10.6. The number of aliphatic carboxylic acids is 1. The first-order valence-corrected chi connectivity index (χ1v) is 3.33. The summed E-state index contributed by atoms with van der Waals surface area (Å²) in [6.07, 6.45) is -4.96. The Bertz CT molecular complexity index is 214. The van der Waals surface area contributed by atoms with Crippen LogP contribution >= 0.6 is 0 Å². The topological polar surface area (TPSA) is 66.4 Å². The van der Waals surface area contributed by atoms with Crippen LogP contribution in [0.15, 0.2) is 0 Å². The summed E-state index contributed by atoms with van der Waals surface area (Å²) in [6, 6.07) is 0. The summed E-state index contributed by atoms with van der Waals surface area (Å²) in [5.41, 5.74) is 0. The maximum Gasteiger partial charge on any atom is 0.471 e. The van der Waals surface area contributed by atoms with Gasteiger partial charge in [-0.3, -0.25) is 9.59 Å². The molecule has 0 saturated heterocycles. The van der Waals surface area contributed by atoms with E-state index >= 15 is 0 Å². The first kappa shape index (κ1) is 11.7. The lowest BCUT2D eigenvalue weighted by atomic mass is 10.2. The first-order chi connectivity index (χ1) is 5.75. The number of carbonyl (C=O) groups excluding carboxylic acids is 1. The molecule has 4 nitrogen and oxygen atoms in total. The van der Waals surface area contributed by atoms with Crippen molar-refractivity contribution in [3.63, 3.8) is 0 Å². The minimum absolute atomic E-state index is 0.534. The predicted molar refractivity (Wildman–Crippen MR) is 35.9 cm³/mol. The molecule has 0 aliphatic heterocycles. The molecule has 0 saturated carbocycles. The Morgan fingerprint density at radius 3 is 2.23 bits per heavy atom. The molecule has 76 valence electrons. The van der Waals surface area contributed by atoms with Crippen LogP contribution in [-0.2, 0) is 9.59 Å². The Morgan fingerprint density at radius 1 is 1.46 bits per heavy atom. The molecule has 13 heavy (non-hydrogen) atoms. The summed E-state index contributed by atoms with van der Waals surface area (Å²) in [6.45, 7) is 0.659. The average molecular weight is 199 g/mol. The van der Waals surface area contributed by atoms with Crippen molar-refractivity contribution in [2.45, 2.75) is 13.1 Å². The van der Waals surface area contributed by atoms with E-state index in [2.05, 4.69) is 0 Å². The predicted octanol–water partition coefficient (Wildman–Crippen LogP) is 0.386. The molecule has 0 rings (SSSR count). The van der Waals surface area contributed by atoms with Crippen LogP contribution in [0, 0.1) is 5.92 Å². The van der Waals surface area contributed by atoms with Crippen molar-refractivity contribution >= 4 is 11.9 Å². The fourth-order valence-electron chi connectivity index (χ4n) is 0.433. The van der Waals surface area contributed by atoms with Crippen LogP contribution in [0.5, 0.6) is 0 Å². The molecule has 0 bridgehead atoms. The smallest absolute Gasteiger partial charge is 0.471 e. The lowest BCUT2D eigenvalue weighted by molar-refractivity contribution is -0.173. The molecule has 0 unspecified atom stereocenters. The van der Waals surface area contributed by atoms with E-state index in [-0.39, 0.29) is 0 Å². The second kappa shape index (κ2) is 4.11. The van der Waals surface area contributed by atoms with Crippen LogP contribution in [0.1, 0.15) is 6.92 Å². The zero-order valence-corrected chi connectivity index (χ0v) is 6.68. The molecule has 2 N–H and O–H groups in total. The van der Waals surface area contributed by atoms with Crippen molar-refractivity contribution < 1.29 is 27.9 Å². The SMILES string of the molecule is C[C@H](CNC(=O)C(F)(F)F)C(=O)O. The van der Waals surface area contributed by atoms with Gasteiger partial charge in [0.1, 0.15) is 0 Å². The molecule has 0 radical (unpaired) electrons. The van der Waals surface area contributed by atoms with Crippen molar-refractivity contribution in [3.05, 3.63) is 0 Å². The van der Waals surface area contributed by atoms with Crippen LogP contribution in [0.3, 0.4) is 0 Å². The highest BCUT2D eigenvalue weighted by Crippen LogP contribution is 2.14. The normalized spacial score (nSPS) is 13.5. The molecule has 0 spiro atoms. The summed E-state index contributed by atoms with van der Waals surface area (Å²) < 4.78 is 34.6. The molecular weight excluding hydrogens is 191 g/mol. The lowest BCUT2D eigenvalue weighted by Crippen LogP contribution is -2.40. The largest absolute Gasteiger partial charge is 0.481 e. The fraction of sp³-hybridized carbons (Fsp3) is 0.667. The number of rotatable bonds is 3. The molecule has 0 aromatic heterocycles. The summed E-state index contributed by atoms with van der Waals surface area (Å²) in [4.78, 5) is 20.3. The maximum atomic E-state index is 11.5. The highest BCUT2D eigenvalue weighted by molar-refractivity contribution is 5.82. The van der Waals surface area contributed by atoms with E-state index in [1.165, 1.54) is 12.2 Å². The van der Waals surface area contributed by atoms with Gasteiger partial charge in [-0.15, -0.1) is 0 Å². The number of alkyl halides is 3. The molecule has 0 aliphatic rings. The number of hydrogen-bond acceptors (Lipinski definition) is 2. The number of carbonyl (C=O) groups is 2. The number of amides is 1. The van der Waals surface area contributed by atoms with E-state index in [1.54, 1.807) is 0 Å². The molecule has 0 fully saturated rings. The molecule has 0 aromatic rings. The van der Waals surface area contributed by atoms with Gasteiger partial charge in [0.2, 0.25) is 0 Å². The second-order valence-corrected chi connectivity index (χ2v) is 2.45. The molecular formula is C6H8F3NO3. The Kier molecular flexibility index (Phi) is 3.70. The molecule has 1 atom stereocenters. The van der Waals surface area contributed by atoms with Crippen molar-refractivity contribution in [3.8, 4) is 0 Å². The summed E-state index contributed by atoms with van der Waals surface area (Å²) in [5, 5.41) is 9.72. The highest BCUT2D eigenvalue weighted by atomic mass is 19.4. The van der Waals surface area contributed by atoms with Gasteiger partial charge in [-0.05, 0) is 0 Å². The lowest BCUT2D eigenvalue weighted by Gasteiger charge is -2.09. The van der Waals surface area contributed by atoms with Gasteiger partial charge in [-0.25, -0.2) is 0 Å². The van der Waals surface area contributed by atoms with Gasteiger partial charge in [0.05, 0.1) is 5.92 Å². The fourth-order valence-corrected chi connectivity index (χ4v) is 0.433. The standard InChI is InChI=1S/C6H8F3NO3/c1-3(4(11)12)2-10-5(13)6(7,8)9/h3H,2H2,1H3,(H,10,13)(H,11,12)/t3-/m1/s1. The number of carboxylic acids is 1. The highest BCUT2D eigenvalue weighted by Gasteiger charge is 2.38. The van der Waals surface area contributed by atoms with Crippen LogP contribution in [0.25, 0.3) is 0 Å². The van der Waals surface area contributed by atoms with Crippen LogP contribution in [0.4, 0.5) is 13.2 Å². The Balaban J connectivity index is 3.91. The van der Waals surface area contributed by atoms with Crippen molar-refractivity contribution in [2.24, 2.45) is 5.92 Å².